The Kier molecular flexibility index (Phi) is 3.01. The molecule has 0 saturated heterocycles. The lowest BCUT2D eigenvalue weighted by molar-refractivity contribution is 0.301. The minimum absolute atomic E-state index is 0.162. The standard InChI is InChI=1S/C10H16N4O/c1-11-10-12-5-4-9(13-10)14(6-7-15)8-2-3-8/h4-5,8,15H,2-3,6-7H2,1H3,(H,11,12,13). The lowest BCUT2D eigenvalue weighted by Gasteiger charge is -2.22. The van der Waals surface area contributed by atoms with Crippen molar-refractivity contribution in [3.8, 4) is 0 Å². The average molecular weight is 208 g/mol. The second kappa shape index (κ2) is 4.44. The van der Waals surface area contributed by atoms with E-state index in [0.717, 1.165) is 5.82 Å². The molecule has 0 unspecified atom stereocenters. The third-order valence-corrected chi connectivity index (χ3v) is 2.49. The van der Waals surface area contributed by atoms with Crippen molar-refractivity contribution in [1.82, 2.24) is 9.97 Å². The van der Waals surface area contributed by atoms with Crippen LogP contribution in [0, 0.1) is 0 Å². The van der Waals surface area contributed by atoms with Gasteiger partial charge in [0.25, 0.3) is 0 Å². The van der Waals surface area contributed by atoms with Gasteiger partial charge in [0, 0.05) is 25.8 Å². The van der Waals surface area contributed by atoms with Crippen molar-refractivity contribution in [2.45, 2.75) is 18.9 Å². The summed E-state index contributed by atoms with van der Waals surface area (Å²) in [6.45, 7) is 0.806. The van der Waals surface area contributed by atoms with E-state index in [1.165, 1.54) is 12.8 Å². The molecule has 15 heavy (non-hydrogen) atoms. The molecule has 5 heteroatoms. The lowest BCUT2D eigenvalue weighted by Crippen LogP contribution is -2.29. The van der Waals surface area contributed by atoms with Gasteiger partial charge in [0.05, 0.1) is 6.61 Å². The molecule has 2 N–H and O–H groups in total. The number of hydrogen-bond acceptors (Lipinski definition) is 5. The highest BCUT2D eigenvalue weighted by molar-refractivity contribution is 5.44. The van der Waals surface area contributed by atoms with Crippen LogP contribution >= 0.6 is 0 Å². The molecule has 0 bridgehead atoms. The highest BCUT2D eigenvalue weighted by atomic mass is 16.3. The fourth-order valence-electron chi connectivity index (χ4n) is 1.61. The van der Waals surface area contributed by atoms with Crippen molar-refractivity contribution in [3.63, 3.8) is 0 Å². The van der Waals surface area contributed by atoms with E-state index < -0.39 is 0 Å². The number of hydrogen-bond donors (Lipinski definition) is 2. The fraction of sp³-hybridized carbons (Fsp3) is 0.600. The molecule has 1 aliphatic rings. The summed E-state index contributed by atoms with van der Waals surface area (Å²) in [6.07, 6.45) is 4.12. The van der Waals surface area contributed by atoms with E-state index in [1.807, 2.05) is 6.07 Å². The first-order valence-electron chi connectivity index (χ1n) is 5.23. The molecule has 5 nitrogen and oxygen atoms in total. The Morgan fingerprint density at radius 3 is 3.00 bits per heavy atom. The van der Waals surface area contributed by atoms with E-state index in [-0.39, 0.29) is 6.61 Å². The number of nitrogens with zero attached hydrogens (tertiary/aromatic N) is 3. The maximum Gasteiger partial charge on any atom is 0.224 e. The maximum atomic E-state index is 9.00. The molecule has 1 fully saturated rings. The maximum absolute atomic E-state index is 9.00. The van der Waals surface area contributed by atoms with Crippen molar-refractivity contribution < 1.29 is 5.11 Å². The number of nitrogens with one attached hydrogen (secondary N) is 1. The van der Waals surface area contributed by atoms with Crippen molar-refractivity contribution in [2.75, 3.05) is 30.4 Å². The molecule has 1 aliphatic carbocycles. The molecule has 0 aromatic carbocycles. The van der Waals surface area contributed by atoms with Crippen LogP contribution in [-0.2, 0) is 0 Å². The number of aliphatic hydroxyl groups excluding tert-OH is 1. The zero-order valence-corrected chi connectivity index (χ0v) is 8.85. The van der Waals surface area contributed by atoms with Crippen LogP contribution in [0.15, 0.2) is 12.3 Å². The Morgan fingerprint density at radius 2 is 2.40 bits per heavy atom. The summed E-state index contributed by atoms with van der Waals surface area (Å²) >= 11 is 0. The molecule has 82 valence electrons. The fourth-order valence-corrected chi connectivity index (χ4v) is 1.61. The number of aliphatic hydroxyl groups is 1. The van der Waals surface area contributed by atoms with Crippen LogP contribution in [0.1, 0.15) is 12.8 Å². The van der Waals surface area contributed by atoms with Crippen molar-refractivity contribution >= 4 is 11.8 Å². The van der Waals surface area contributed by atoms with Gasteiger partial charge in [0.15, 0.2) is 0 Å². The Balaban J connectivity index is 2.16. The van der Waals surface area contributed by atoms with Gasteiger partial charge in [-0.3, -0.25) is 0 Å². The Morgan fingerprint density at radius 1 is 1.60 bits per heavy atom. The van der Waals surface area contributed by atoms with Gasteiger partial charge in [-0.1, -0.05) is 0 Å². The summed E-state index contributed by atoms with van der Waals surface area (Å²) in [5.41, 5.74) is 0. The number of aromatic nitrogens is 2. The zero-order chi connectivity index (χ0) is 10.7. The van der Waals surface area contributed by atoms with Gasteiger partial charge < -0.3 is 15.3 Å². The molecule has 0 spiro atoms. The van der Waals surface area contributed by atoms with Crippen LogP contribution in [0.3, 0.4) is 0 Å². The Bertz CT molecular complexity index is 327. The SMILES string of the molecule is CNc1nccc(N(CCO)C2CC2)n1. The summed E-state index contributed by atoms with van der Waals surface area (Å²) in [7, 11) is 1.80. The van der Waals surface area contributed by atoms with E-state index in [9.17, 15) is 0 Å². The molecule has 0 amide bonds. The largest absolute Gasteiger partial charge is 0.395 e. The zero-order valence-electron chi connectivity index (χ0n) is 8.85. The average Bonchev–Trinajstić information content (AvgIpc) is 3.10. The molecule has 0 atom stereocenters. The topological polar surface area (TPSA) is 61.3 Å². The van der Waals surface area contributed by atoms with Crippen LogP contribution in [0.5, 0.6) is 0 Å². The van der Waals surface area contributed by atoms with Gasteiger partial charge in [0.2, 0.25) is 5.95 Å². The van der Waals surface area contributed by atoms with E-state index in [0.29, 0.717) is 18.5 Å². The molecule has 0 radical (unpaired) electrons. The highest BCUT2D eigenvalue weighted by Gasteiger charge is 2.29. The molecular formula is C10H16N4O. The number of anilines is 2. The van der Waals surface area contributed by atoms with Gasteiger partial charge in [-0.2, -0.15) is 4.98 Å². The third-order valence-electron chi connectivity index (χ3n) is 2.49. The van der Waals surface area contributed by atoms with Gasteiger partial charge in [-0.25, -0.2) is 4.98 Å². The summed E-state index contributed by atoms with van der Waals surface area (Å²) in [5, 5.41) is 11.9. The van der Waals surface area contributed by atoms with Crippen molar-refractivity contribution in [3.05, 3.63) is 12.3 Å². The minimum Gasteiger partial charge on any atom is -0.395 e. The molecular weight excluding hydrogens is 192 g/mol. The van der Waals surface area contributed by atoms with Gasteiger partial charge in [-0.05, 0) is 18.9 Å². The quantitative estimate of drug-likeness (QED) is 0.737. The lowest BCUT2D eigenvalue weighted by atomic mass is 10.4. The predicted octanol–water partition coefficient (Wildman–Crippen LogP) is 0.479. The first-order valence-corrected chi connectivity index (χ1v) is 5.23. The minimum atomic E-state index is 0.162. The number of rotatable bonds is 5. The molecule has 1 aromatic heterocycles. The smallest absolute Gasteiger partial charge is 0.224 e. The van der Waals surface area contributed by atoms with Crippen LogP contribution in [-0.4, -0.2) is 41.3 Å². The van der Waals surface area contributed by atoms with E-state index >= 15 is 0 Å². The van der Waals surface area contributed by atoms with Crippen LogP contribution in [0.4, 0.5) is 11.8 Å². The van der Waals surface area contributed by atoms with Crippen LogP contribution in [0.2, 0.25) is 0 Å². The van der Waals surface area contributed by atoms with Gasteiger partial charge in [-0.15, -0.1) is 0 Å². The first-order chi connectivity index (χ1) is 7.35. The van der Waals surface area contributed by atoms with Gasteiger partial charge in [0.1, 0.15) is 5.82 Å². The van der Waals surface area contributed by atoms with Crippen LogP contribution in [0.25, 0.3) is 0 Å². The summed E-state index contributed by atoms with van der Waals surface area (Å²) in [4.78, 5) is 10.6. The van der Waals surface area contributed by atoms with Crippen molar-refractivity contribution in [2.24, 2.45) is 0 Å². The van der Waals surface area contributed by atoms with E-state index in [4.69, 9.17) is 5.11 Å². The Labute approximate surface area is 89.2 Å². The second-order valence-corrected chi connectivity index (χ2v) is 3.64. The highest BCUT2D eigenvalue weighted by Crippen LogP contribution is 2.30. The van der Waals surface area contributed by atoms with Gasteiger partial charge >= 0.3 is 0 Å². The predicted molar refractivity (Wildman–Crippen MR) is 59.0 cm³/mol. The second-order valence-electron chi connectivity index (χ2n) is 3.64. The normalized spacial score (nSPS) is 15.1. The molecule has 2 rings (SSSR count). The molecule has 1 aromatic rings. The molecule has 1 heterocycles. The monoisotopic (exact) mass is 208 g/mol. The van der Waals surface area contributed by atoms with Crippen LogP contribution < -0.4 is 10.2 Å². The first kappa shape index (κ1) is 10.2. The summed E-state index contributed by atoms with van der Waals surface area (Å²) < 4.78 is 0. The molecule has 1 saturated carbocycles. The van der Waals surface area contributed by atoms with E-state index in [2.05, 4.69) is 20.2 Å². The third kappa shape index (κ3) is 2.36. The van der Waals surface area contributed by atoms with E-state index in [1.54, 1.807) is 13.2 Å². The van der Waals surface area contributed by atoms with Crippen molar-refractivity contribution in [1.29, 1.82) is 0 Å². The Hall–Kier alpha value is -1.36. The summed E-state index contributed by atoms with van der Waals surface area (Å²) in [6, 6.07) is 2.44. The molecule has 0 aliphatic heterocycles. The summed E-state index contributed by atoms with van der Waals surface area (Å²) in [5.74, 6) is 1.52.